The number of nitrogens with zero attached hydrogens (tertiary/aromatic N) is 2. The van der Waals surface area contributed by atoms with Gasteiger partial charge >= 0.3 is 11.9 Å². The lowest BCUT2D eigenvalue weighted by Gasteiger charge is -2.11. The summed E-state index contributed by atoms with van der Waals surface area (Å²) in [4.78, 5) is 36.0. The van der Waals surface area contributed by atoms with Crippen LogP contribution in [0.1, 0.15) is 23.5 Å². The molecule has 1 amide bonds. The van der Waals surface area contributed by atoms with Crippen LogP contribution in [-0.2, 0) is 9.59 Å². The average Bonchev–Trinajstić information content (AvgIpc) is 2.76. The quantitative estimate of drug-likeness (QED) is 0.492. The molecule has 0 aromatic carbocycles. The summed E-state index contributed by atoms with van der Waals surface area (Å²) in [6.07, 6.45) is 0.542. The Kier molecular flexibility index (Phi) is 4.14. The molecule has 4 N–H and O–H groups in total. The minimum Gasteiger partial charge on any atom is -0.481 e. The van der Waals surface area contributed by atoms with E-state index in [0.29, 0.717) is 0 Å². The average molecular weight is 242 g/mol. The van der Waals surface area contributed by atoms with Gasteiger partial charge in [0.1, 0.15) is 12.4 Å². The van der Waals surface area contributed by atoms with Gasteiger partial charge in [0, 0.05) is 6.42 Å². The van der Waals surface area contributed by atoms with Crippen molar-refractivity contribution in [3.63, 3.8) is 0 Å². The third kappa shape index (κ3) is 3.89. The van der Waals surface area contributed by atoms with Gasteiger partial charge in [-0.3, -0.25) is 14.7 Å². The first-order chi connectivity index (χ1) is 8.00. The summed E-state index contributed by atoms with van der Waals surface area (Å²) in [5.74, 6) is -3.32. The molecule has 0 aliphatic carbocycles. The maximum Gasteiger partial charge on any atom is 0.326 e. The normalized spacial score (nSPS) is 11.8. The summed E-state index contributed by atoms with van der Waals surface area (Å²) in [7, 11) is 0. The summed E-state index contributed by atoms with van der Waals surface area (Å²) in [5, 5.41) is 25.0. The molecule has 0 aliphatic heterocycles. The summed E-state index contributed by atoms with van der Waals surface area (Å²) >= 11 is 0. The molecule has 0 unspecified atom stereocenters. The molecular weight excluding hydrogens is 232 g/mol. The molecule has 1 aromatic rings. The predicted octanol–water partition coefficient (Wildman–Crippen LogP) is -1.15. The van der Waals surface area contributed by atoms with E-state index in [1.54, 1.807) is 0 Å². The van der Waals surface area contributed by atoms with Crippen LogP contribution < -0.4 is 5.32 Å². The fourth-order valence-corrected chi connectivity index (χ4v) is 1.07. The predicted molar refractivity (Wildman–Crippen MR) is 52.1 cm³/mol. The smallest absolute Gasteiger partial charge is 0.326 e. The Bertz CT molecular complexity index is 416. The first-order valence-corrected chi connectivity index (χ1v) is 4.61. The summed E-state index contributed by atoms with van der Waals surface area (Å²) in [6, 6.07) is -1.27. The molecule has 0 spiro atoms. The zero-order valence-corrected chi connectivity index (χ0v) is 8.58. The molecule has 0 aliphatic rings. The molecule has 0 saturated heterocycles. The largest absolute Gasteiger partial charge is 0.481 e. The molecule has 0 radical (unpaired) electrons. The van der Waals surface area contributed by atoms with E-state index in [4.69, 9.17) is 10.2 Å². The molecule has 0 saturated carbocycles. The summed E-state index contributed by atoms with van der Waals surface area (Å²) in [5.41, 5.74) is 0. The van der Waals surface area contributed by atoms with Crippen molar-refractivity contribution in [1.82, 2.24) is 20.5 Å². The highest BCUT2D eigenvalue weighted by Gasteiger charge is 2.22. The van der Waals surface area contributed by atoms with E-state index >= 15 is 0 Å². The number of amides is 1. The number of rotatable bonds is 6. The van der Waals surface area contributed by atoms with Crippen LogP contribution >= 0.6 is 0 Å². The van der Waals surface area contributed by atoms with E-state index < -0.39 is 23.9 Å². The summed E-state index contributed by atoms with van der Waals surface area (Å²) < 4.78 is 0. The van der Waals surface area contributed by atoms with Crippen molar-refractivity contribution in [2.45, 2.75) is 18.9 Å². The number of carboxylic acid groups (broad SMARTS) is 2. The van der Waals surface area contributed by atoms with E-state index in [2.05, 4.69) is 20.5 Å². The fraction of sp³-hybridized carbons (Fsp3) is 0.375. The number of aliphatic carboxylic acids is 2. The van der Waals surface area contributed by atoms with Crippen molar-refractivity contribution in [3.05, 3.63) is 12.2 Å². The highest BCUT2D eigenvalue weighted by atomic mass is 16.4. The van der Waals surface area contributed by atoms with Crippen LogP contribution in [0.4, 0.5) is 0 Å². The van der Waals surface area contributed by atoms with Crippen molar-refractivity contribution in [2.75, 3.05) is 0 Å². The molecule has 17 heavy (non-hydrogen) atoms. The second-order valence-corrected chi connectivity index (χ2v) is 3.13. The highest BCUT2D eigenvalue weighted by Crippen LogP contribution is 1.99. The first-order valence-electron chi connectivity index (χ1n) is 4.61. The topological polar surface area (TPSA) is 145 Å². The molecule has 92 valence electrons. The minimum atomic E-state index is -1.31. The van der Waals surface area contributed by atoms with Gasteiger partial charge < -0.3 is 15.5 Å². The van der Waals surface area contributed by atoms with Crippen molar-refractivity contribution in [2.24, 2.45) is 0 Å². The minimum absolute atomic E-state index is 0.133. The SMILES string of the molecule is O=C(O)CC[C@H](NC(=O)c1ncn[nH]1)C(=O)O. The number of H-pyrrole nitrogens is 1. The van der Waals surface area contributed by atoms with Gasteiger partial charge in [-0.1, -0.05) is 0 Å². The summed E-state index contributed by atoms with van der Waals surface area (Å²) in [6.45, 7) is 0. The Morgan fingerprint density at radius 2 is 2.12 bits per heavy atom. The molecule has 1 rings (SSSR count). The third-order valence-corrected chi connectivity index (χ3v) is 1.88. The van der Waals surface area contributed by atoms with E-state index in [1.165, 1.54) is 0 Å². The van der Waals surface area contributed by atoms with Crippen molar-refractivity contribution in [1.29, 1.82) is 0 Å². The van der Waals surface area contributed by atoms with Gasteiger partial charge in [0.05, 0.1) is 0 Å². The van der Waals surface area contributed by atoms with Gasteiger partial charge in [0.2, 0.25) is 5.82 Å². The molecule has 1 heterocycles. The first kappa shape index (κ1) is 12.6. The van der Waals surface area contributed by atoms with E-state index in [-0.39, 0.29) is 18.7 Å². The Hall–Kier alpha value is -2.45. The number of aromatic amines is 1. The van der Waals surface area contributed by atoms with Crippen molar-refractivity contribution < 1.29 is 24.6 Å². The molecule has 1 aromatic heterocycles. The third-order valence-electron chi connectivity index (χ3n) is 1.88. The Morgan fingerprint density at radius 1 is 1.41 bits per heavy atom. The lowest BCUT2D eigenvalue weighted by Crippen LogP contribution is -2.41. The number of hydrogen-bond acceptors (Lipinski definition) is 5. The molecule has 9 nitrogen and oxygen atoms in total. The van der Waals surface area contributed by atoms with Gasteiger partial charge in [-0.15, -0.1) is 0 Å². The van der Waals surface area contributed by atoms with Gasteiger partial charge in [-0.2, -0.15) is 5.10 Å². The Morgan fingerprint density at radius 3 is 2.59 bits per heavy atom. The van der Waals surface area contributed by atoms with Crippen molar-refractivity contribution in [3.8, 4) is 0 Å². The maximum absolute atomic E-state index is 11.4. The second-order valence-electron chi connectivity index (χ2n) is 3.13. The van der Waals surface area contributed by atoms with E-state index in [1.807, 2.05) is 0 Å². The number of hydrogen-bond donors (Lipinski definition) is 4. The van der Waals surface area contributed by atoms with Gasteiger partial charge in [-0.25, -0.2) is 9.78 Å². The van der Waals surface area contributed by atoms with Crippen LogP contribution in [0.15, 0.2) is 6.33 Å². The van der Waals surface area contributed by atoms with Gasteiger partial charge in [0.15, 0.2) is 0 Å². The maximum atomic E-state index is 11.4. The second kappa shape index (κ2) is 5.58. The van der Waals surface area contributed by atoms with Crippen LogP contribution in [0.5, 0.6) is 0 Å². The van der Waals surface area contributed by atoms with Crippen LogP contribution in [0.2, 0.25) is 0 Å². The van der Waals surface area contributed by atoms with E-state index in [0.717, 1.165) is 6.33 Å². The molecule has 0 bridgehead atoms. The Labute approximate surface area is 94.9 Å². The van der Waals surface area contributed by atoms with Gasteiger partial charge in [-0.05, 0) is 6.42 Å². The standard InChI is InChI=1S/C8H10N4O5/c13-5(14)2-1-4(8(16)17)11-7(15)6-9-3-10-12-6/h3-4H,1-2H2,(H,11,15)(H,13,14)(H,16,17)(H,9,10,12)/t4-/m0/s1. The monoisotopic (exact) mass is 242 g/mol. The lowest BCUT2D eigenvalue weighted by molar-refractivity contribution is -0.140. The van der Waals surface area contributed by atoms with Crippen LogP contribution in [0, 0.1) is 0 Å². The molecule has 9 heteroatoms. The number of carbonyl (C=O) groups is 3. The number of nitrogens with one attached hydrogen (secondary N) is 2. The molecule has 1 atom stereocenters. The zero-order chi connectivity index (χ0) is 12.8. The molecular formula is C8H10N4O5. The van der Waals surface area contributed by atoms with Gasteiger partial charge in [0.25, 0.3) is 5.91 Å². The zero-order valence-electron chi connectivity index (χ0n) is 8.58. The van der Waals surface area contributed by atoms with E-state index in [9.17, 15) is 14.4 Å². The number of aromatic nitrogens is 3. The van der Waals surface area contributed by atoms with Crippen LogP contribution in [0.3, 0.4) is 0 Å². The number of carboxylic acids is 2. The van der Waals surface area contributed by atoms with Crippen LogP contribution in [0.25, 0.3) is 0 Å². The van der Waals surface area contributed by atoms with Crippen molar-refractivity contribution >= 4 is 17.8 Å². The fourth-order valence-electron chi connectivity index (χ4n) is 1.07. The Balaban J connectivity index is 2.58. The highest BCUT2D eigenvalue weighted by molar-refractivity contribution is 5.93. The van der Waals surface area contributed by atoms with Crippen LogP contribution in [-0.4, -0.2) is 49.3 Å². The lowest BCUT2D eigenvalue weighted by atomic mass is 10.1. The number of carbonyl (C=O) groups excluding carboxylic acids is 1. The molecule has 0 fully saturated rings.